The molecule has 2 heterocycles. The molecule has 1 aromatic heterocycles. The molecule has 5 nitrogen and oxygen atoms in total. The molecular formula is C25H27N3O2. The van der Waals surface area contributed by atoms with Crippen LogP contribution >= 0.6 is 0 Å². The van der Waals surface area contributed by atoms with Crippen LogP contribution in [0.4, 0.5) is 11.5 Å². The van der Waals surface area contributed by atoms with Crippen molar-refractivity contribution in [2.24, 2.45) is 0 Å². The number of amides is 1. The summed E-state index contributed by atoms with van der Waals surface area (Å²) in [7, 11) is 1.66. The number of methoxy groups -OCH3 is 1. The molecule has 3 aromatic rings. The van der Waals surface area contributed by atoms with E-state index in [0.29, 0.717) is 19.4 Å². The van der Waals surface area contributed by atoms with Crippen LogP contribution in [0.5, 0.6) is 5.75 Å². The van der Waals surface area contributed by atoms with Gasteiger partial charge in [0.05, 0.1) is 12.8 Å². The maximum absolute atomic E-state index is 13.0. The molecule has 2 aromatic carbocycles. The number of aryl methyl sites for hydroxylation is 2. The summed E-state index contributed by atoms with van der Waals surface area (Å²) in [6.45, 7) is 4.33. The summed E-state index contributed by atoms with van der Waals surface area (Å²) in [6, 6.07) is 20.4. The van der Waals surface area contributed by atoms with E-state index in [9.17, 15) is 4.79 Å². The Hall–Kier alpha value is -3.34. The average molecular weight is 402 g/mol. The molecule has 0 aliphatic carbocycles. The zero-order chi connectivity index (χ0) is 20.9. The Balaban J connectivity index is 1.45. The summed E-state index contributed by atoms with van der Waals surface area (Å²) in [4.78, 5) is 21.8. The fourth-order valence-electron chi connectivity index (χ4n) is 3.80. The Labute approximate surface area is 177 Å². The van der Waals surface area contributed by atoms with Crippen molar-refractivity contribution in [3.8, 4) is 5.75 Å². The van der Waals surface area contributed by atoms with E-state index in [2.05, 4.69) is 41.1 Å². The summed E-state index contributed by atoms with van der Waals surface area (Å²) in [5, 5.41) is 0. The van der Waals surface area contributed by atoms with Crippen molar-refractivity contribution < 1.29 is 9.53 Å². The van der Waals surface area contributed by atoms with Crippen molar-refractivity contribution in [1.82, 2.24) is 4.98 Å². The minimum Gasteiger partial charge on any atom is -0.497 e. The third-order valence-corrected chi connectivity index (χ3v) is 5.53. The molecule has 5 heteroatoms. The number of ether oxygens (including phenoxy) is 1. The monoisotopic (exact) mass is 401 g/mol. The molecule has 0 bridgehead atoms. The highest BCUT2D eigenvalue weighted by molar-refractivity contribution is 5.97. The van der Waals surface area contributed by atoms with Crippen molar-refractivity contribution in [3.05, 3.63) is 83.6 Å². The van der Waals surface area contributed by atoms with Gasteiger partial charge in [0.2, 0.25) is 5.91 Å². The highest BCUT2D eigenvalue weighted by atomic mass is 16.5. The van der Waals surface area contributed by atoms with Crippen LogP contribution in [0.3, 0.4) is 0 Å². The van der Waals surface area contributed by atoms with Crippen LogP contribution in [-0.4, -0.2) is 31.1 Å². The molecule has 4 rings (SSSR count). The quantitative estimate of drug-likeness (QED) is 0.615. The van der Waals surface area contributed by atoms with Gasteiger partial charge in [-0.15, -0.1) is 0 Å². The second-order valence-corrected chi connectivity index (χ2v) is 7.65. The van der Waals surface area contributed by atoms with E-state index >= 15 is 0 Å². The number of anilines is 2. The zero-order valence-electron chi connectivity index (χ0n) is 17.5. The van der Waals surface area contributed by atoms with Gasteiger partial charge in [-0.1, -0.05) is 42.0 Å². The van der Waals surface area contributed by atoms with E-state index < -0.39 is 0 Å². The predicted octanol–water partition coefficient (Wildman–Crippen LogP) is 4.38. The predicted molar refractivity (Wildman–Crippen MR) is 120 cm³/mol. The van der Waals surface area contributed by atoms with E-state index in [1.807, 2.05) is 41.3 Å². The number of hydrogen-bond acceptors (Lipinski definition) is 4. The van der Waals surface area contributed by atoms with E-state index in [0.717, 1.165) is 35.9 Å². The molecule has 0 radical (unpaired) electrons. The van der Waals surface area contributed by atoms with Gasteiger partial charge in [-0.25, -0.2) is 4.98 Å². The minimum absolute atomic E-state index is 0.134. The molecular weight excluding hydrogens is 374 g/mol. The first kappa shape index (κ1) is 20.0. The molecule has 0 spiro atoms. The molecule has 0 saturated heterocycles. The third-order valence-electron chi connectivity index (χ3n) is 5.53. The summed E-state index contributed by atoms with van der Waals surface area (Å²) < 4.78 is 5.20. The largest absolute Gasteiger partial charge is 0.497 e. The lowest BCUT2D eigenvalue weighted by Crippen LogP contribution is -2.44. The van der Waals surface area contributed by atoms with Gasteiger partial charge in [0.15, 0.2) is 5.82 Å². The Morgan fingerprint density at radius 1 is 1.00 bits per heavy atom. The van der Waals surface area contributed by atoms with E-state index in [1.165, 1.54) is 11.1 Å². The lowest BCUT2D eigenvalue weighted by Gasteiger charge is -2.36. The summed E-state index contributed by atoms with van der Waals surface area (Å²) in [5.74, 6) is 1.84. The van der Waals surface area contributed by atoms with Crippen molar-refractivity contribution in [1.29, 1.82) is 0 Å². The van der Waals surface area contributed by atoms with E-state index in [1.54, 1.807) is 13.3 Å². The SMILES string of the molecule is COc1ccc(CCC(=O)N2CCN(Cc3ccc(C)cc3)c3ncccc32)cc1. The van der Waals surface area contributed by atoms with Crippen molar-refractivity contribution in [3.63, 3.8) is 0 Å². The van der Waals surface area contributed by atoms with Gasteiger partial charge in [-0.3, -0.25) is 4.79 Å². The maximum Gasteiger partial charge on any atom is 0.227 e. The zero-order valence-corrected chi connectivity index (χ0v) is 17.5. The van der Waals surface area contributed by atoms with Crippen LogP contribution in [0.25, 0.3) is 0 Å². The summed E-state index contributed by atoms with van der Waals surface area (Å²) in [6.07, 6.45) is 2.98. The van der Waals surface area contributed by atoms with Gasteiger partial charge in [-0.2, -0.15) is 0 Å². The van der Waals surface area contributed by atoms with Gasteiger partial charge in [0.25, 0.3) is 0 Å². The van der Waals surface area contributed by atoms with Gasteiger partial charge >= 0.3 is 0 Å². The normalized spacial score (nSPS) is 13.1. The molecule has 1 aliphatic heterocycles. The van der Waals surface area contributed by atoms with Crippen molar-refractivity contribution in [2.45, 2.75) is 26.3 Å². The molecule has 0 fully saturated rings. The highest BCUT2D eigenvalue weighted by Gasteiger charge is 2.27. The number of carbonyl (C=O) groups excluding carboxylic acids is 1. The van der Waals surface area contributed by atoms with Crippen LogP contribution in [0, 0.1) is 6.92 Å². The molecule has 1 amide bonds. The second-order valence-electron chi connectivity index (χ2n) is 7.65. The molecule has 1 aliphatic rings. The van der Waals surface area contributed by atoms with Crippen LogP contribution in [0.1, 0.15) is 23.1 Å². The number of fused-ring (bicyclic) bond motifs is 1. The number of rotatable bonds is 6. The maximum atomic E-state index is 13.0. The topological polar surface area (TPSA) is 45.7 Å². The van der Waals surface area contributed by atoms with Crippen LogP contribution in [-0.2, 0) is 17.8 Å². The van der Waals surface area contributed by atoms with Crippen LogP contribution < -0.4 is 14.5 Å². The Bertz CT molecular complexity index is 1000. The molecule has 0 N–H and O–H groups in total. The first-order chi connectivity index (χ1) is 14.6. The third kappa shape index (κ3) is 4.46. The Morgan fingerprint density at radius 2 is 1.73 bits per heavy atom. The highest BCUT2D eigenvalue weighted by Crippen LogP contribution is 2.32. The Morgan fingerprint density at radius 3 is 2.47 bits per heavy atom. The Kier molecular flexibility index (Phi) is 5.98. The number of pyridine rings is 1. The van der Waals surface area contributed by atoms with Crippen molar-refractivity contribution >= 4 is 17.4 Å². The number of carbonyl (C=O) groups is 1. The van der Waals surface area contributed by atoms with E-state index in [-0.39, 0.29) is 5.91 Å². The molecule has 30 heavy (non-hydrogen) atoms. The first-order valence-corrected chi connectivity index (χ1v) is 10.3. The fraction of sp³-hybridized carbons (Fsp3) is 0.280. The molecule has 0 atom stereocenters. The van der Waals surface area contributed by atoms with Crippen LogP contribution in [0.15, 0.2) is 66.9 Å². The summed E-state index contributed by atoms with van der Waals surface area (Å²) in [5.41, 5.74) is 4.53. The average Bonchev–Trinajstić information content (AvgIpc) is 2.79. The lowest BCUT2D eigenvalue weighted by atomic mass is 10.1. The standard InChI is InChI=1S/C25H27N3O2/c1-19-5-7-21(8-6-19)18-27-16-17-28(23-4-3-15-26-25(23)27)24(29)14-11-20-9-12-22(30-2)13-10-20/h3-10,12-13,15H,11,14,16-18H2,1-2H3. The smallest absolute Gasteiger partial charge is 0.227 e. The first-order valence-electron chi connectivity index (χ1n) is 10.3. The van der Waals surface area contributed by atoms with Gasteiger partial charge < -0.3 is 14.5 Å². The minimum atomic E-state index is 0.134. The molecule has 0 unspecified atom stereocenters. The van der Waals surface area contributed by atoms with Gasteiger partial charge in [0, 0.05) is 32.3 Å². The number of hydrogen-bond donors (Lipinski definition) is 0. The van der Waals surface area contributed by atoms with Crippen molar-refractivity contribution in [2.75, 3.05) is 30.0 Å². The number of nitrogens with zero attached hydrogens (tertiary/aromatic N) is 3. The number of benzene rings is 2. The van der Waals surface area contributed by atoms with Crippen LogP contribution in [0.2, 0.25) is 0 Å². The molecule has 154 valence electrons. The van der Waals surface area contributed by atoms with Gasteiger partial charge in [-0.05, 0) is 48.7 Å². The van der Waals surface area contributed by atoms with E-state index in [4.69, 9.17) is 4.74 Å². The van der Waals surface area contributed by atoms with Gasteiger partial charge in [0.1, 0.15) is 5.75 Å². The summed E-state index contributed by atoms with van der Waals surface area (Å²) >= 11 is 0. The molecule has 0 saturated carbocycles. The lowest BCUT2D eigenvalue weighted by molar-refractivity contribution is -0.118. The number of aromatic nitrogens is 1. The second kappa shape index (κ2) is 8.99. The fourth-order valence-corrected chi connectivity index (χ4v) is 3.80.